The molecule has 2 N–H and O–H groups in total. The van der Waals surface area contributed by atoms with Gasteiger partial charge in [-0.2, -0.15) is 0 Å². The number of piperidine rings is 1. The Balaban J connectivity index is 1.87. The summed E-state index contributed by atoms with van der Waals surface area (Å²) in [6.45, 7) is 1.93. The van der Waals surface area contributed by atoms with Gasteiger partial charge in [-0.1, -0.05) is 28.1 Å². The number of carbonyl (C=O) groups excluding carboxylic acids is 2. The van der Waals surface area contributed by atoms with Crippen LogP contribution in [0.3, 0.4) is 0 Å². The highest BCUT2D eigenvalue weighted by atomic mass is 79.9. The van der Waals surface area contributed by atoms with E-state index in [-0.39, 0.29) is 17.6 Å². The van der Waals surface area contributed by atoms with E-state index in [2.05, 4.69) is 20.8 Å². The molecule has 0 saturated carbocycles. The lowest BCUT2D eigenvalue weighted by Gasteiger charge is -2.29. The molecule has 1 amide bonds. The maximum Gasteiger partial charge on any atom is 0.220 e. The van der Waals surface area contributed by atoms with Gasteiger partial charge in [0, 0.05) is 16.0 Å². The summed E-state index contributed by atoms with van der Waals surface area (Å²) in [7, 11) is 0. The molecule has 1 aliphatic heterocycles. The van der Waals surface area contributed by atoms with Gasteiger partial charge in [0.15, 0.2) is 5.78 Å². The van der Waals surface area contributed by atoms with Crippen LogP contribution in [0.25, 0.3) is 0 Å². The van der Waals surface area contributed by atoms with Crippen LogP contribution in [-0.4, -0.2) is 36.2 Å². The van der Waals surface area contributed by atoms with Crippen molar-refractivity contribution in [1.29, 1.82) is 0 Å². The summed E-state index contributed by atoms with van der Waals surface area (Å²) in [6, 6.07) is 7.38. The van der Waals surface area contributed by atoms with E-state index in [1.807, 2.05) is 24.3 Å². The Labute approximate surface area is 121 Å². The van der Waals surface area contributed by atoms with Gasteiger partial charge in [-0.05, 0) is 38.1 Å². The van der Waals surface area contributed by atoms with Gasteiger partial charge in [-0.3, -0.25) is 14.5 Å². The number of primary amides is 1. The topological polar surface area (TPSA) is 63.4 Å². The van der Waals surface area contributed by atoms with Crippen LogP contribution in [0, 0.1) is 5.92 Å². The van der Waals surface area contributed by atoms with Gasteiger partial charge in [-0.25, -0.2) is 0 Å². The van der Waals surface area contributed by atoms with E-state index in [1.54, 1.807) is 0 Å². The molecule has 1 heterocycles. The number of hydrogen-bond donors (Lipinski definition) is 1. The molecule has 2 rings (SSSR count). The first kappa shape index (κ1) is 14.2. The Hall–Kier alpha value is -1.20. The van der Waals surface area contributed by atoms with Crippen LogP contribution in [-0.2, 0) is 4.79 Å². The SMILES string of the molecule is NC(=O)C1CCN(CC(=O)c2ccc(Br)cc2)CC1. The summed E-state index contributed by atoms with van der Waals surface area (Å²) in [5, 5.41) is 0. The van der Waals surface area contributed by atoms with Crippen molar-refractivity contribution in [3.8, 4) is 0 Å². The number of nitrogens with zero attached hydrogens (tertiary/aromatic N) is 1. The molecular weight excluding hydrogens is 308 g/mol. The first-order valence-electron chi connectivity index (χ1n) is 6.36. The number of nitrogens with two attached hydrogens (primary N) is 1. The van der Waals surface area contributed by atoms with Crippen LogP contribution in [0.4, 0.5) is 0 Å². The molecule has 0 unspecified atom stereocenters. The van der Waals surface area contributed by atoms with Crippen molar-refractivity contribution in [3.63, 3.8) is 0 Å². The first-order chi connectivity index (χ1) is 9.06. The molecule has 4 nitrogen and oxygen atoms in total. The van der Waals surface area contributed by atoms with Gasteiger partial charge < -0.3 is 5.73 Å². The predicted octanol–water partition coefficient (Wildman–Crippen LogP) is 1.83. The van der Waals surface area contributed by atoms with Gasteiger partial charge in [0.1, 0.15) is 0 Å². The van der Waals surface area contributed by atoms with E-state index in [0.29, 0.717) is 6.54 Å². The van der Waals surface area contributed by atoms with Crippen LogP contribution in [0.15, 0.2) is 28.7 Å². The molecule has 1 fully saturated rings. The molecule has 1 saturated heterocycles. The van der Waals surface area contributed by atoms with Gasteiger partial charge in [0.25, 0.3) is 0 Å². The fraction of sp³-hybridized carbons (Fsp3) is 0.429. The zero-order chi connectivity index (χ0) is 13.8. The summed E-state index contributed by atoms with van der Waals surface area (Å²) in [5.74, 6) is -0.136. The van der Waals surface area contributed by atoms with Crippen molar-refractivity contribution in [2.45, 2.75) is 12.8 Å². The van der Waals surface area contributed by atoms with Gasteiger partial charge in [-0.15, -0.1) is 0 Å². The highest BCUT2D eigenvalue weighted by molar-refractivity contribution is 9.10. The Morgan fingerprint density at radius 1 is 1.21 bits per heavy atom. The van der Waals surface area contributed by atoms with E-state index >= 15 is 0 Å². The minimum absolute atomic E-state index is 0.0287. The third-order valence-corrected chi connectivity index (χ3v) is 4.05. The second kappa shape index (κ2) is 6.30. The van der Waals surface area contributed by atoms with Crippen LogP contribution < -0.4 is 5.73 Å². The standard InChI is InChI=1S/C14H17BrN2O2/c15-12-3-1-10(2-4-12)13(18)9-17-7-5-11(6-8-17)14(16)19/h1-4,11H,5-9H2,(H2,16,19). The Morgan fingerprint density at radius 2 is 1.79 bits per heavy atom. The zero-order valence-corrected chi connectivity index (χ0v) is 12.2. The number of Topliss-reactive ketones (excluding diaryl/α,β-unsaturated/α-hetero) is 1. The molecule has 1 aromatic carbocycles. The lowest BCUT2D eigenvalue weighted by atomic mass is 9.96. The number of likely N-dealkylation sites (tertiary alicyclic amines) is 1. The van der Waals surface area contributed by atoms with Gasteiger partial charge >= 0.3 is 0 Å². The number of benzene rings is 1. The predicted molar refractivity (Wildman–Crippen MR) is 76.8 cm³/mol. The summed E-state index contributed by atoms with van der Waals surface area (Å²) in [5.41, 5.74) is 6.01. The fourth-order valence-corrected chi connectivity index (χ4v) is 2.57. The molecule has 5 heteroatoms. The van der Waals surface area contributed by atoms with E-state index in [1.165, 1.54) is 0 Å². The first-order valence-corrected chi connectivity index (χ1v) is 7.16. The molecule has 0 aromatic heterocycles. The molecule has 0 atom stereocenters. The smallest absolute Gasteiger partial charge is 0.220 e. The van der Waals surface area contributed by atoms with Crippen molar-refractivity contribution in [3.05, 3.63) is 34.3 Å². The van der Waals surface area contributed by atoms with Crippen LogP contribution in [0.5, 0.6) is 0 Å². The molecule has 19 heavy (non-hydrogen) atoms. The largest absolute Gasteiger partial charge is 0.369 e. The number of hydrogen-bond acceptors (Lipinski definition) is 3. The Morgan fingerprint density at radius 3 is 2.32 bits per heavy atom. The fourth-order valence-electron chi connectivity index (χ4n) is 2.31. The number of carbonyl (C=O) groups is 2. The third kappa shape index (κ3) is 3.88. The maximum absolute atomic E-state index is 12.1. The molecule has 0 spiro atoms. The summed E-state index contributed by atoms with van der Waals surface area (Å²) in [4.78, 5) is 25.2. The molecule has 0 aliphatic carbocycles. The van der Waals surface area contributed by atoms with Gasteiger partial charge in [0.2, 0.25) is 5.91 Å². The third-order valence-electron chi connectivity index (χ3n) is 3.52. The van der Waals surface area contributed by atoms with Crippen molar-refractivity contribution in [1.82, 2.24) is 4.90 Å². The van der Waals surface area contributed by atoms with E-state index in [0.717, 1.165) is 36.0 Å². The van der Waals surface area contributed by atoms with Crippen LogP contribution in [0.2, 0.25) is 0 Å². The second-order valence-corrected chi connectivity index (χ2v) is 5.80. The maximum atomic E-state index is 12.1. The molecule has 0 bridgehead atoms. The van der Waals surface area contributed by atoms with E-state index in [4.69, 9.17) is 5.73 Å². The highest BCUT2D eigenvalue weighted by Crippen LogP contribution is 2.17. The quantitative estimate of drug-likeness (QED) is 0.859. The monoisotopic (exact) mass is 324 g/mol. The van der Waals surface area contributed by atoms with Crippen molar-refractivity contribution < 1.29 is 9.59 Å². The van der Waals surface area contributed by atoms with Crippen LogP contribution in [0.1, 0.15) is 23.2 Å². The minimum atomic E-state index is -0.223. The minimum Gasteiger partial charge on any atom is -0.369 e. The van der Waals surface area contributed by atoms with E-state index < -0.39 is 0 Å². The number of rotatable bonds is 4. The number of ketones is 1. The zero-order valence-electron chi connectivity index (χ0n) is 10.6. The second-order valence-electron chi connectivity index (χ2n) is 4.88. The number of halogens is 1. The molecule has 0 radical (unpaired) electrons. The Kier molecular flexibility index (Phi) is 4.71. The summed E-state index contributed by atoms with van der Waals surface area (Å²) < 4.78 is 0.964. The molecular formula is C14H17BrN2O2. The lowest BCUT2D eigenvalue weighted by Crippen LogP contribution is -2.40. The van der Waals surface area contributed by atoms with Crippen molar-refractivity contribution >= 4 is 27.6 Å². The molecule has 1 aliphatic rings. The van der Waals surface area contributed by atoms with Gasteiger partial charge in [0.05, 0.1) is 6.54 Å². The van der Waals surface area contributed by atoms with Crippen molar-refractivity contribution in [2.75, 3.05) is 19.6 Å². The summed E-state index contributed by atoms with van der Waals surface area (Å²) in [6.07, 6.45) is 1.51. The average molecular weight is 325 g/mol. The summed E-state index contributed by atoms with van der Waals surface area (Å²) >= 11 is 3.35. The van der Waals surface area contributed by atoms with Crippen molar-refractivity contribution in [2.24, 2.45) is 11.7 Å². The number of amides is 1. The molecule has 102 valence electrons. The lowest BCUT2D eigenvalue weighted by molar-refractivity contribution is -0.123. The molecule has 1 aromatic rings. The van der Waals surface area contributed by atoms with Crippen LogP contribution >= 0.6 is 15.9 Å². The average Bonchev–Trinajstić information content (AvgIpc) is 2.40. The van der Waals surface area contributed by atoms with E-state index in [9.17, 15) is 9.59 Å². The highest BCUT2D eigenvalue weighted by Gasteiger charge is 2.24. The normalized spacial score (nSPS) is 17.3. The Bertz CT molecular complexity index is 465.